The van der Waals surface area contributed by atoms with Gasteiger partial charge in [0.2, 0.25) is 5.89 Å². The van der Waals surface area contributed by atoms with Gasteiger partial charge in [-0.15, -0.1) is 0 Å². The minimum Gasteiger partial charge on any atom is -0.339 e. The second kappa shape index (κ2) is 3.77. The summed E-state index contributed by atoms with van der Waals surface area (Å²) in [5, 5.41) is 12.9. The molecule has 3 aliphatic heterocycles. The fraction of sp³-hybridized carbons (Fsp3) is 0.750. The second-order valence-corrected chi connectivity index (χ2v) is 5.42. The summed E-state index contributed by atoms with van der Waals surface area (Å²) < 4.78 is 5.32. The first-order chi connectivity index (χ1) is 8.85. The number of rotatable bonds is 2. The van der Waals surface area contributed by atoms with Gasteiger partial charge >= 0.3 is 0 Å². The summed E-state index contributed by atoms with van der Waals surface area (Å²) in [6.07, 6.45) is 0.874. The largest absolute Gasteiger partial charge is 0.339 e. The average Bonchev–Trinajstić information content (AvgIpc) is 3.07. The number of hydrogen-bond acceptors (Lipinski definition) is 6. The van der Waals surface area contributed by atoms with Crippen molar-refractivity contribution < 1.29 is 4.52 Å². The SMILES string of the molecule is N#CC1CC1c1nc(C2CN3CCN2CC3)no1. The Morgan fingerprint density at radius 2 is 2.11 bits per heavy atom. The predicted octanol–water partition coefficient (Wildman–Crippen LogP) is 0.369. The summed E-state index contributed by atoms with van der Waals surface area (Å²) in [6.45, 7) is 5.50. The van der Waals surface area contributed by atoms with E-state index in [1.165, 1.54) is 0 Å². The van der Waals surface area contributed by atoms with E-state index < -0.39 is 0 Å². The lowest BCUT2D eigenvalue weighted by atomic mass is 10.1. The standard InChI is InChI=1S/C12H15N5O/c13-6-8-5-9(8)12-14-11(15-18-12)10-7-16-1-3-17(10)4-2-16/h8-10H,1-5,7H2. The van der Waals surface area contributed by atoms with Gasteiger partial charge in [0.15, 0.2) is 5.82 Å². The molecule has 0 aromatic carbocycles. The smallest absolute Gasteiger partial charge is 0.231 e. The molecule has 1 aromatic rings. The zero-order valence-electron chi connectivity index (χ0n) is 10.1. The molecule has 4 fully saturated rings. The molecule has 0 radical (unpaired) electrons. The van der Waals surface area contributed by atoms with Gasteiger partial charge in [0.25, 0.3) is 0 Å². The van der Waals surface area contributed by atoms with Crippen molar-refractivity contribution in [3.05, 3.63) is 11.7 Å². The Kier molecular flexibility index (Phi) is 2.19. The molecule has 0 spiro atoms. The lowest BCUT2D eigenvalue weighted by Crippen LogP contribution is -2.57. The molecule has 3 atom stereocenters. The molecule has 1 aliphatic carbocycles. The van der Waals surface area contributed by atoms with Crippen molar-refractivity contribution in [2.75, 3.05) is 32.7 Å². The first-order valence-electron chi connectivity index (χ1n) is 6.54. The van der Waals surface area contributed by atoms with Crippen LogP contribution in [-0.2, 0) is 0 Å². The van der Waals surface area contributed by atoms with Gasteiger partial charge in [-0.2, -0.15) is 10.2 Å². The highest BCUT2D eigenvalue weighted by atomic mass is 16.5. The Balaban J connectivity index is 1.54. The highest BCUT2D eigenvalue weighted by Gasteiger charge is 2.44. The fourth-order valence-electron chi connectivity index (χ4n) is 3.01. The minimum atomic E-state index is 0.0881. The van der Waals surface area contributed by atoms with Gasteiger partial charge in [-0.3, -0.25) is 9.80 Å². The van der Waals surface area contributed by atoms with Gasteiger partial charge in [0, 0.05) is 32.7 Å². The summed E-state index contributed by atoms with van der Waals surface area (Å²) in [5.74, 6) is 1.74. The van der Waals surface area contributed by atoms with E-state index in [1.807, 2.05) is 0 Å². The molecule has 94 valence electrons. The maximum Gasteiger partial charge on any atom is 0.231 e. The van der Waals surface area contributed by atoms with Crippen molar-refractivity contribution in [3.63, 3.8) is 0 Å². The summed E-state index contributed by atoms with van der Waals surface area (Å²) in [4.78, 5) is 9.40. The number of piperazine rings is 3. The van der Waals surface area contributed by atoms with Crippen LogP contribution >= 0.6 is 0 Å². The van der Waals surface area contributed by atoms with Crippen LogP contribution in [0.2, 0.25) is 0 Å². The molecule has 3 unspecified atom stereocenters. The normalized spacial score (nSPS) is 41.6. The molecule has 0 N–H and O–H groups in total. The van der Waals surface area contributed by atoms with Gasteiger partial charge in [-0.05, 0) is 6.42 Å². The third kappa shape index (κ3) is 1.55. The fourth-order valence-corrected chi connectivity index (χ4v) is 3.01. The number of aromatic nitrogens is 2. The van der Waals surface area contributed by atoms with Crippen LogP contribution in [0.3, 0.4) is 0 Å². The van der Waals surface area contributed by atoms with E-state index in [-0.39, 0.29) is 17.9 Å². The van der Waals surface area contributed by atoms with E-state index in [0.717, 1.165) is 45.0 Å². The summed E-state index contributed by atoms with van der Waals surface area (Å²) in [7, 11) is 0. The molecule has 5 rings (SSSR count). The maximum absolute atomic E-state index is 8.82. The van der Waals surface area contributed by atoms with Crippen LogP contribution in [0.1, 0.15) is 30.1 Å². The van der Waals surface area contributed by atoms with Gasteiger partial charge < -0.3 is 4.52 Å². The Labute approximate surface area is 105 Å². The second-order valence-electron chi connectivity index (χ2n) is 5.42. The molecule has 3 saturated heterocycles. The van der Waals surface area contributed by atoms with Crippen molar-refractivity contribution in [1.29, 1.82) is 5.26 Å². The molecule has 0 amide bonds. The molecule has 4 aliphatic rings. The van der Waals surface area contributed by atoms with Crippen LogP contribution in [0, 0.1) is 17.2 Å². The summed E-state index contributed by atoms with van der Waals surface area (Å²) in [6, 6.07) is 2.54. The average molecular weight is 245 g/mol. The number of nitrogens with zero attached hydrogens (tertiary/aromatic N) is 5. The predicted molar refractivity (Wildman–Crippen MR) is 61.5 cm³/mol. The molecule has 2 bridgehead atoms. The zero-order valence-corrected chi connectivity index (χ0v) is 10.1. The molecule has 6 nitrogen and oxygen atoms in total. The Hall–Kier alpha value is -1.45. The van der Waals surface area contributed by atoms with Crippen molar-refractivity contribution in [2.45, 2.75) is 18.4 Å². The Morgan fingerprint density at radius 3 is 2.72 bits per heavy atom. The van der Waals surface area contributed by atoms with Crippen molar-refractivity contribution in [2.24, 2.45) is 5.92 Å². The lowest BCUT2D eigenvalue weighted by molar-refractivity contribution is 0.00781. The van der Waals surface area contributed by atoms with Crippen LogP contribution in [0.25, 0.3) is 0 Å². The van der Waals surface area contributed by atoms with E-state index in [4.69, 9.17) is 9.78 Å². The van der Waals surface area contributed by atoms with Gasteiger partial charge in [0.05, 0.1) is 23.9 Å². The first kappa shape index (κ1) is 10.5. The van der Waals surface area contributed by atoms with Crippen LogP contribution in [0.15, 0.2) is 4.52 Å². The van der Waals surface area contributed by atoms with Crippen LogP contribution in [0.4, 0.5) is 0 Å². The quantitative estimate of drug-likeness (QED) is 0.749. The lowest BCUT2D eigenvalue weighted by Gasteiger charge is -2.46. The van der Waals surface area contributed by atoms with E-state index in [2.05, 4.69) is 26.0 Å². The molecule has 6 heteroatoms. The van der Waals surface area contributed by atoms with Crippen molar-refractivity contribution >= 4 is 0 Å². The molecule has 1 saturated carbocycles. The Bertz CT molecular complexity index is 499. The molecular formula is C12H15N5O. The number of nitriles is 1. The third-order valence-electron chi connectivity index (χ3n) is 4.31. The highest BCUT2D eigenvalue weighted by Crippen LogP contribution is 2.46. The van der Waals surface area contributed by atoms with E-state index in [0.29, 0.717) is 5.89 Å². The first-order valence-corrected chi connectivity index (χ1v) is 6.54. The maximum atomic E-state index is 8.82. The summed E-state index contributed by atoms with van der Waals surface area (Å²) >= 11 is 0. The molecular weight excluding hydrogens is 230 g/mol. The van der Waals surface area contributed by atoms with Crippen molar-refractivity contribution in [1.82, 2.24) is 19.9 Å². The van der Waals surface area contributed by atoms with Crippen molar-refractivity contribution in [3.8, 4) is 6.07 Å². The number of fused-ring (bicyclic) bond motifs is 3. The topological polar surface area (TPSA) is 69.2 Å². The van der Waals surface area contributed by atoms with Gasteiger partial charge in [-0.25, -0.2) is 0 Å². The van der Waals surface area contributed by atoms with Crippen LogP contribution in [0.5, 0.6) is 0 Å². The Morgan fingerprint density at radius 1 is 1.28 bits per heavy atom. The summed E-state index contributed by atoms with van der Waals surface area (Å²) in [5.41, 5.74) is 0. The number of hydrogen-bond donors (Lipinski definition) is 0. The zero-order chi connectivity index (χ0) is 12.1. The molecule has 4 heterocycles. The monoisotopic (exact) mass is 245 g/mol. The van der Waals surface area contributed by atoms with E-state index in [1.54, 1.807) is 0 Å². The van der Waals surface area contributed by atoms with E-state index >= 15 is 0 Å². The van der Waals surface area contributed by atoms with Gasteiger partial charge in [0.1, 0.15) is 0 Å². The van der Waals surface area contributed by atoms with E-state index in [9.17, 15) is 0 Å². The minimum absolute atomic E-state index is 0.0881. The molecule has 18 heavy (non-hydrogen) atoms. The third-order valence-corrected chi connectivity index (χ3v) is 4.31. The highest BCUT2D eigenvalue weighted by molar-refractivity contribution is 5.16. The van der Waals surface area contributed by atoms with Gasteiger partial charge in [-0.1, -0.05) is 5.16 Å². The van der Waals surface area contributed by atoms with Crippen LogP contribution < -0.4 is 0 Å². The molecule has 1 aromatic heterocycles. The van der Waals surface area contributed by atoms with Crippen LogP contribution in [-0.4, -0.2) is 52.7 Å².